The second-order valence-electron chi connectivity index (χ2n) is 10.6. The number of aliphatic hydroxyl groups is 1. The van der Waals surface area contributed by atoms with Crippen molar-refractivity contribution in [2.75, 3.05) is 39.3 Å². The number of H-pyrrole nitrogens is 2. The van der Waals surface area contributed by atoms with Crippen molar-refractivity contribution in [2.24, 2.45) is 0 Å². The number of benzene rings is 2. The molecular formula is C27H33Cl2IN6O3. The molecule has 12 heteroatoms. The van der Waals surface area contributed by atoms with Crippen molar-refractivity contribution in [1.82, 2.24) is 28.9 Å². The fourth-order valence-corrected chi connectivity index (χ4v) is 6.65. The summed E-state index contributed by atoms with van der Waals surface area (Å²) in [5.41, 5.74) is 3.12. The van der Waals surface area contributed by atoms with Gasteiger partial charge in [-0.25, -0.2) is 9.59 Å². The minimum Gasteiger partial charge on any atom is -0.390 e. The van der Waals surface area contributed by atoms with Crippen LogP contribution in [0, 0.1) is 0 Å². The highest BCUT2D eigenvalue weighted by atomic mass is 127. The molecule has 2 aliphatic rings. The number of rotatable bonds is 6. The van der Waals surface area contributed by atoms with Crippen LogP contribution in [-0.4, -0.2) is 79.4 Å². The molecule has 0 bridgehead atoms. The number of nitrogens with one attached hydrogen (secondary N) is 2. The normalized spacial score (nSPS) is 18.4. The van der Waals surface area contributed by atoms with Crippen LogP contribution in [0.2, 0.25) is 10.0 Å². The second kappa shape index (κ2) is 12.0. The average Bonchev–Trinajstić information content (AvgIpc) is 3.39. The maximum Gasteiger partial charge on any atom is 0.326 e. The minimum absolute atomic E-state index is 0. The highest BCUT2D eigenvalue weighted by Crippen LogP contribution is 2.28. The van der Waals surface area contributed by atoms with E-state index >= 15 is 0 Å². The minimum atomic E-state index is -0.445. The van der Waals surface area contributed by atoms with Gasteiger partial charge in [0.1, 0.15) is 0 Å². The van der Waals surface area contributed by atoms with E-state index in [0.29, 0.717) is 23.1 Å². The molecule has 3 N–H and O–H groups in total. The Morgan fingerprint density at radius 2 is 1.13 bits per heavy atom. The molecule has 9 nitrogen and oxygen atoms in total. The molecule has 0 amide bonds. The van der Waals surface area contributed by atoms with Crippen LogP contribution in [0.5, 0.6) is 0 Å². The number of hydrogen-bond donors (Lipinski definition) is 3. The van der Waals surface area contributed by atoms with Crippen LogP contribution in [0.1, 0.15) is 37.8 Å². The number of fused-ring (bicyclic) bond motifs is 2. The third kappa shape index (κ3) is 5.96. The number of likely N-dealkylation sites (tertiary alicyclic amines) is 2. The maximum absolute atomic E-state index is 12.6. The molecule has 0 atom stereocenters. The summed E-state index contributed by atoms with van der Waals surface area (Å²) in [5.74, 6) is 0. The lowest BCUT2D eigenvalue weighted by Crippen LogP contribution is -2.46. The van der Waals surface area contributed by atoms with E-state index in [1.165, 1.54) is 0 Å². The van der Waals surface area contributed by atoms with Crippen molar-refractivity contribution in [3.8, 4) is 0 Å². The van der Waals surface area contributed by atoms with Crippen LogP contribution >= 0.6 is 47.2 Å². The van der Waals surface area contributed by atoms with Crippen molar-refractivity contribution in [3.05, 3.63) is 67.4 Å². The Labute approximate surface area is 252 Å². The van der Waals surface area contributed by atoms with Crippen molar-refractivity contribution in [3.63, 3.8) is 0 Å². The number of hydrogen-bond acceptors (Lipinski definition) is 5. The lowest BCUT2D eigenvalue weighted by atomic mass is 10.0. The highest BCUT2D eigenvalue weighted by Gasteiger charge is 2.27. The van der Waals surface area contributed by atoms with Crippen molar-refractivity contribution < 1.29 is 5.11 Å². The van der Waals surface area contributed by atoms with Crippen LogP contribution in [0.4, 0.5) is 0 Å². The fourth-order valence-electron chi connectivity index (χ4n) is 6.31. The van der Waals surface area contributed by atoms with Gasteiger partial charge in [-0.2, -0.15) is 0 Å². The summed E-state index contributed by atoms with van der Waals surface area (Å²) >= 11 is 12.2. The SMILES string of the molecule is I.O=c1[nH]c2cc(Cl)ccc2n1C1CCN(CC(O)CN2CCC(n3c(=O)[nH]c4cc(Cl)ccc43)CC2)CC1. The zero-order valence-electron chi connectivity index (χ0n) is 21.5. The van der Waals surface area contributed by atoms with Gasteiger partial charge >= 0.3 is 11.4 Å². The topological polar surface area (TPSA) is 102 Å². The Morgan fingerprint density at radius 3 is 1.51 bits per heavy atom. The third-order valence-corrected chi connectivity index (χ3v) is 8.61. The molecule has 0 spiro atoms. The molecule has 2 saturated heterocycles. The lowest BCUT2D eigenvalue weighted by Gasteiger charge is -2.36. The standard InChI is InChI=1S/C27H32Cl2N6O3.HI/c28-17-1-3-24-22(13-17)30-26(37)34(24)19-5-9-32(10-6-19)15-21(36)16-33-11-7-20(8-12-33)35-25-4-2-18(29)14-23(25)31-27(35)38;/h1-4,13-14,19-21,36H,5-12,15-16H2,(H,30,37)(H,31,38);1H. The zero-order valence-corrected chi connectivity index (χ0v) is 25.3. The Bertz CT molecular complexity index is 1450. The summed E-state index contributed by atoms with van der Waals surface area (Å²) in [6.45, 7) is 4.59. The number of nitrogens with zero attached hydrogens (tertiary/aromatic N) is 4. The van der Waals surface area contributed by atoms with E-state index in [1.54, 1.807) is 12.1 Å². The highest BCUT2D eigenvalue weighted by molar-refractivity contribution is 14.0. The maximum atomic E-state index is 12.6. The number of β-amino-alcohol motifs (C(OH)–C–C–N with tert-alkyl or cyclic N) is 1. The Hall–Kier alpha value is -1.83. The lowest BCUT2D eigenvalue weighted by molar-refractivity contribution is 0.0508. The molecule has 4 heterocycles. The molecule has 2 aromatic carbocycles. The van der Waals surface area contributed by atoms with Crippen LogP contribution < -0.4 is 11.4 Å². The average molecular weight is 687 g/mol. The quantitative estimate of drug-likeness (QED) is 0.264. The van der Waals surface area contributed by atoms with E-state index in [-0.39, 0.29) is 47.4 Å². The van der Waals surface area contributed by atoms with E-state index in [2.05, 4.69) is 19.8 Å². The summed E-state index contributed by atoms with van der Waals surface area (Å²) in [7, 11) is 0. The van der Waals surface area contributed by atoms with Gasteiger partial charge in [0.05, 0.1) is 28.2 Å². The second-order valence-corrected chi connectivity index (χ2v) is 11.5. The first-order chi connectivity index (χ1) is 18.4. The van der Waals surface area contributed by atoms with Gasteiger partial charge in [0, 0.05) is 61.4 Å². The van der Waals surface area contributed by atoms with Gasteiger partial charge in [-0.1, -0.05) is 23.2 Å². The van der Waals surface area contributed by atoms with E-state index in [9.17, 15) is 14.7 Å². The van der Waals surface area contributed by atoms with Crippen molar-refractivity contribution >= 4 is 69.2 Å². The molecule has 6 rings (SSSR count). The number of aromatic nitrogens is 4. The number of halogens is 3. The first-order valence-corrected chi connectivity index (χ1v) is 14.0. The largest absolute Gasteiger partial charge is 0.390 e. The molecule has 0 radical (unpaired) electrons. The van der Waals surface area contributed by atoms with Crippen molar-refractivity contribution in [1.29, 1.82) is 0 Å². The van der Waals surface area contributed by atoms with Crippen LogP contribution in [0.25, 0.3) is 22.1 Å². The number of piperidine rings is 2. The van der Waals surface area contributed by atoms with Crippen LogP contribution in [0.3, 0.4) is 0 Å². The van der Waals surface area contributed by atoms with Crippen LogP contribution in [0.15, 0.2) is 46.0 Å². The Morgan fingerprint density at radius 1 is 0.744 bits per heavy atom. The molecule has 2 aliphatic heterocycles. The molecule has 2 aromatic heterocycles. The molecule has 2 fully saturated rings. The van der Waals surface area contributed by atoms with Gasteiger partial charge in [-0.3, -0.25) is 9.13 Å². The first kappa shape index (κ1) is 28.7. The van der Waals surface area contributed by atoms with Crippen molar-refractivity contribution in [2.45, 2.75) is 43.9 Å². The van der Waals surface area contributed by atoms with Crippen LogP contribution in [-0.2, 0) is 0 Å². The van der Waals surface area contributed by atoms with Gasteiger partial charge < -0.3 is 24.9 Å². The first-order valence-electron chi connectivity index (χ1n) is 13.3. The van der Waals surface area contributed by atoms with E-state index in [4.69, 9.17) is 23.2 Å². The summed E-state index contributed by atoms with van der Waals surface area (Å²) in [6.07, 6.45) is 2.99. The predicted molar refractivity (Wildman–Crippen MR) is 166 cm³/mol. The van der Waals surface area contributed by atoms with E-state index in [1.807, 2.05) is 33.4 Å². The smallest absolute Gasteiger partial charge is 0.326 e. The molecule has 0 aliphatic carbocycles. The number of imidazole rings is 2. The summed E-state index contributed by atoms with van der Waals surface area (Å²) < 4.78 is 3.72. The molecule has 0 saturated carbocycles. The van der Waals surface area contributed by atoms with Gasteiger partial charge in [0.2, 0.25) is 0 Å². The van der Waals surface area contributed by atoms with Gasteiger partial charge in [0.15, 0.2) is 0 Å². The zero-order chi connectivity index (χ0) is 26.4. The van der Waals surface area contributed by atoms with Gasteiger partial charge in [0.25, 0.3) is 0 Å². The van der Waals surface area contributed by atoms with E-state index in [0.717, 1.165) is 73.9 Å². The fraction of sp³-hybridized carbons (Fsp3) is 0.481. The molecule has 4 aromatic rings. The summed E-state index contributed by atoms with van der Waals surface area (Å²) in [5, 5.41) is 12.1. The molecular weight excluding hydrogens is 654 g/mol. The van der Waals surface area contributed by atoms with Gasteiger partial charge in [-0.15, -0.1) is 24.0 Å². The van der Waals surface area contributed by atoms with E-state index < -0.39 is 6.10 Å². The third-order valence-electron chi connectivity index (χ3n) is 8.14. The Kier molecular flexibility index (Phi) is 8.80. The molecule has 210 valence electrons. The van der Waals surface area contributed by atoms with Gasteiger partial charge in [-0.05, 0) is 62.1 Å². The predicted octanol–water partition coefficient (Wildman–Crippen LogP) is 4.23. The number of aromatic amines is 2. The molecule has 39 heavy (non-hydrogen) atoms. The monoisotopic (exact) mass is 686 g/mol. The molecule has 0 unspecified atom stereocenters. The summed E-state index contributed by atoms with van der Waals surface area (Å²) in [6, 6.07) is 11.3. The summed E-state index contributed by atoms with van der Waals surface area (Å²) in [4.78, 5) is 35.6. The number of aliphatic hydroxyl groups excluding tert-OH is 1. The Balaban J connectivity index is 0.00000308.